The Bertz CT molecular complexity index is 639. The fourth-order valence-corrected chi connectivity index (χ4v) is 2.62. The van der Waals surface area contributed by atoms with Crippen LogP contribution < -0.4 is 10.1 Å². The molecular weight excluding hydrogens is 286 g/mol. The summed E-state index contributed by atoms with van der Waals surface area (Å²) in [5.41, 5.74) is 2.16. The minimum atomic E-state index is 0.0373. The second kappa shape index (κ2) is 6.19. The molecule has 3 rings (SSSR count). The van der Waals surface area contributed by atoms with Crippen molar-refractivity contribution < 1.29 is 9.53 Å². The van der Waals surface area contributed by atoms with E-state index in [1.165, 1.54) is 0 Å². The summed E-state index contributed by atoms with van der Waals surface area (Å²) < 4.78 is 5.59. The Hall–Kier alpha value is -2.00. The molecule has 1 aliphatic heterocycles. The second-order valence-electron chi connectivity index (χ2n) is 5.15. The standard InChI is InChI=1S/C17H16ClNO2/c18-14-7-5-12(6-8-14)10-19-17(20)9-13-11-21-16-4-2-1-3-15(13)16/h1-8,13H,9-11H2,(H,19,20). The van der Waals surface area contributed by atoms with Gasteiger partial charge in [-0.05, 0) is 23.8 Å². The summed E-state index contributed by atoms with van der Waals surface area (Å²) in [6.45, 7) is 1.10. The largest absolute Gasteiger partial charge is 0.493 e. The van der Waals surface area contributed by atoms with Gasteiger partial charge in [0.15, 0.2) is 0 Å². The zero-order valence-electron chi connectivity index (χ0n) is 11.5. The third kappa shape index (κ3) is 3.37. The highest BCUT2D eigenvalue weighted by molar-refractivity contribution is 6.30. The minimum Gasteiger partial charge on any atom is -0.493 e. The maximum absolute atomic E-state index is 12.1. The summed E-state index contributed by atoms with van der Waals surface area (Å²) in [5, 5.41) is 3.64. The van der Waals surface area contributed by atoms with Crippen LogP contribution in [0.3, 0.4) is 0 Å². The van der Waals surface area contributed by atoms with Crippen molar-refractivity contribution in [1.29, 1.82) is 0 Å². The van der Waals surface area contributed by atoms with Crippen LogP contribution >= 0.6 is 11.6 Å². The quantitative estimate of drug-likeness (QED) is 0.938. The number of fused-ring (bicyclic) bond motifs is 1. The molecule has 0 aliphatic carbocycles. The molecule has 1 heterocycles. The summed E-state index contributed by atoms with van der Waals surface area (Å²) >= 11 is 5.83. The number of para-hydroxylation sites is 1. The van der Waals surface area contributed by atoms with E-state index in [2.05, 4.69) is 5.32 Å². The highest BCUT2D eigenvalue weighted by Gasteiger charge is 2.25. The highest BCUT2D eigenvalue weighted by Crippen LogP contribution is 2.35. The zero-order valence-corrected chi connectivity index (χ0v) is 12.3. The zero-order chi connectivity index (χ0) is 14.7. The van der Waals surface area contributed by atoms with Gasteiger partial charge in [0.25, 0.3) is 0 Å². The molecule has 1 N–H and O–H groups in total. The van der Waals surface area contributed by atoms with Gasteiger partial charge in [0.05, 0.1) is 6.61 Å². The Morgan fingerprint density at radius 2 is 1.95 bits per heavy atom. The van der Waals surface area contributed by atoms with Gasteiger partial charge in [0, 0.05) is 29.5 Å². The van der Waals surface area contributed by atoms with Crippen molar-refractivity contribution in [2.45, 2.75) is 18.9 Å². The number of carbonyl (C=O) groups is 1. The number of amides is 1. The molecular formula is C17H16ClNO2. The number of nitrogens with one attached hydrogen (secondary N) is 1. The Morgan fingerprint density at radius 3 is 2.76 bits per heavy atom. The number of rotatable bonds is 4. The minimum absolute atomic E-state index is 0.0373. The van der Waals surface area contributed by atoms with Gasteiger partial charge in [0.1, 0.15) is 5.75 Å². The van der Waals surface area contributed by atoms with Crippen molar-refractivity contribution in [2.75, 3.05) is 6.61 Å². The molecule has 2 aromatic rings. The Balaban J connectivity index is 1.54. The molecule has 1 aliphatic rings. The van der Waals surface area contributed by atoms with E-state index in [1.54, 1.807) is 0 Å². The van der Waals surface area contributed by atoms with E-state index in [9.17, 15) is 4.79 Å². The molecule has 1 amide bonds. The molecule has 0 radical (unpaired) electrons. The van der Waals surface area contributed by atoms with Gasteiger partial charge < -0.3 is 10.1 Å². The smallest absolute Gasteiger partial charge is 0.221 e. The maximum atomic E-state index is 12.1. The van der Waals surface area contributed by atoms with E-state index in [4.69, 9.17) is 16.3 Å². The number of halogens is 1. The number of ether oxygens (including phenoxy) is 1. The number of hydrogen-bond donors (Lipinski definition) is 1. The summed E-state index contributed by atoms with van der Waals surface area (Å²) in [4.78, 5) is 12.1. The van der Waals surface area contributed by atoms with Gasteiger partial charge in [-0.15, -0.1) is 0 Å². The summed E-state index contributed by atoms with van der Waals surface area (Å²) in [5.74, 6) is 1.08. The summed E-state index contributed by atoms with van der Waals surface area (Å²) in [6, 6.07) is 15.4. The first-order valence-electron chi connectivity index (χ1n) is 6.95. The van der Waals surface area contributed by atoms with Gasteiger partial charge in [-0.25, -0.2) is 0 Å². The van der Waals surface area contributed by atoms with E-state index in [0.29, 0.717) is 24.6 Å². The van der Waals surface area contributed by atoms with Crippen molar-refractivity contribution >= 4 is 17.5 Å². The van der Waals surface area contributed by atoms with Crippen molar-refractivity contribution in [3.8, 4) is 5.75 Å². The third-order valence-electron chi connectivity index (χ3n) is 3.63. The summed E-state index contributed by atoms with van der Waals surface area (Å²) in [7, 11) is 0. The van der Waals surface area contributed by atoms with Crippen LogP contribution in [0.25, 0.3) is 0 Å². The van der Waals surface area contributed by atoms with E-state index in [-0.39, 0.29) is 11.8 Å². The lowest BCUT2D eigenvalue weighted by molar-refractivity contribution is -0.121. The SMILES string of the molecule is O=C(CC1COc2ccccc21)NCc1ccc(Cl)cc1. The molecule has 21 heavy (non-hydrogen) atoms. The number of carbonyl (C=O) groups excluding carboxylic acids is 1. The van der Waals surface area contributed by atoms with Crippen molar-refractivity contribution in [3.63, 3.8) is 0 Å². The average molecular weight is 302 g/mol. The van der Waals surface area contributed by atoms with Crippen molar-refractivity contribution in [2.24, 2.45) is 0 Å². The predicted octanol–water partition coefficient (Wildman–Crippen LogP) is 3.52. The van der Waals surface area contributed by atoms with Crippen LogP contribution in [0, 0.1) is 0 Å². The van der Waals surface area contributed by atoms with Crippen LogP contribution in [-0.4, -0.2) is 12.5 Å². The Kier molecular flexibility index (Phi) is 4.11. The fraction of sp³-hybridized carbons (Fsp3) is 0.235. The Labute approximate surface area is 128 Å². The fourth-order valence-electron chi connectivity index (χ4n) is 2.50. The molecule has 0 bridgehead atoms. The molecule has 4 heteroatoms. The van der Waals surface area contributed by atoms with E-state index >= 15 is 0 Å². The molecule has 0 spiro atoms. The first-order valence-corrected chi connectivity index (χ1v) is 7.33. The van der Waals surface area contributed by atoms with Gasteiger partial charge in [-0.3, -0.25) is 4.79 Å². The molecule has 0 saturated carbocycles. The molecule has 0 saturated heterocycles. The molecule has 3 nitrogen and oxygen atoms in total. The predicted molar refractivity (Wildman–Crippen MR) is 82.6 cm³/mol. The molecule has 108 valence electrons. The number of hydrogen-bond acceptors (Lipinski definition) is 2. The maximum Gasteiger partial charge on any atom is 0.221 e. The first kappa shape index (κ1) is 14.0. The second-order valence-corrected chi connectivity index (χ2v) is 5.59. The van der Waals surface area contributed by atoms with Crippen LogP contribution in [0.15, 0.2) is 48.5 Å². The van der Waals surface area contributed by atoms with Gasteiger partial charge in [0.2, 0.25) is 5.91 Å². The van der Waals surface area contributed by atoms with E-state index in [1.807, 2.05) is 48.5 Å². The average Bonchev–Trinajstić information content (AvgIpc) is 2.90. The Morgan fingerprint density at radius 1 is 1.19 bits per heavy atom. The third-order valence-corrected chi connectivity index (χ3v) is 3.89. The summed E-state index contributed by atoms with van der Waals surface area (Å²) in [6.07, 6.45) is 0.449. The van der Waals surface area contributed by atoms with Crippen LogP contribution in [0.4, 0.5) is 0 Å². The van der Waals surface area contributed by atoms with Crippen molar-refractivity contribution in [1.82, 2.24) is 5.32 Å². The van der Waals surface area contributed by atoms with Crippen LogP contribution in [0.2, 0.25) is 5.02 Å². The molecule has 1 atom stereocenters. The monoisotopic (exact) mass is 301 g/mol. The van der Waals surface area contributed by atoms with Gasteiger partial charge >= 0.3 is 0 Å². The van der Waals surface area contributed by atoms with Crippen LogP contribution in [0.5, 0.6) is 5.75 Å². The lowest BCUT2D eigenvalue weighted by atomic mass is 9.97. The molecule has 0 fully saturated rings. The highest BCUT2D eigenvalue weighted by atomic mass is 35.5. The topological polar surface area (TPSA) is 38.3 Å². The lowest BCUT2D eigenvalue weighted by Gasteiger charge is -2.09. The molecule has 1 unspecified atom stereocenters. The molecule has 2 aromatic carbocycles. The normalized spacial score (nSPS) is 16.1. The lowest BCUT2D eigenvalue weighted by Crippen LogP contribution is -2.25. The van der Waals surface area contributed by atoms with E-state index < -0.39 is 0 Å². The van der Waals surface area contributed by atoms with Gasteiger partial charge in [-0.1, -0.05) is 41.9 Å². The number of benzene rings is 2. The van der Waals surface area contributed by atoms with Crippen LogP contribution in [-0.2, 0) is 11.3 Å². The molecule has 0 aromatic heterocycles. The van der Waals surface area contributed by atoms with Crippen LogP contribution in [0.1, 0.15) is 23.5 Å². The van der Waals surface area contributed by atoms with E-state index in [0.717, 1.165) is 16.9 Å². The van der Waals surface area contributed by atoms with Crippen molar-refractivity contribution in [3.05, 3.63) is 64.7 Å². The van der Waals surface area contributed by atoms with Gasteiger partial charge in [-0.2, -0.15) is 0 Å². The first-order chi connectivity index (χ1) is 10.2.